The number of fused-ring (bicyclic) bond motifs is 2. The summed E-state index contributed by atoms with van der Waals surface area (Å²) in [5, 5.41) is 6.54. The molecular formula is C15H13N3O2S. The van der Waals surface area contributed by atoms with Gasteiger partial charge in [-0.25, -0.2) is 13.1 Å². The van der Waals surface area contributed by atoms with E-state index in [0.29, 0.717) is 12.4 Å². The number of nitrogens with zero attached hydrogens (tertiary/aromatic N) is 2. The zero-order valence-corrected chi connectivity index (χ0v) is 12.0. The van der Waals surface area contributed by atoms with Gasteiger partial charge in [-0.2, -0.15) is 5.10 Å². The predicted octanol–water partition coefficient (Wildman–Crippen LogP) is 2.46. The van der Waals surface area contributed by atoms with Crippen LogP contribution in [0.3, 0.4) is 0 Å². The van der Waals surface area contributed by atoms with Crippen LogP contribution in [0, 0.1) is 0 Å². The van der Waals surface area contributed by atoms with Crippen LogP contribution in [-0.2, 0) is 16.6 Å². The van der Waals surface area contributed by atoms with E-state index < -0.39 is 10.0 Å². The van der Waals surface area contributed by atoms with Crippen molar-refractivity contribution in [1.82, 2.24) is 9.78 Å². The van der Waals surface area contributed by atoms with Gasteiger partial charge in [0.2, 0.25) is 10.0 Å². The summed E-state index contributed by atoms with van der Waals surface area (Å²) in [4.78, 5) is 0. The van der Waals surface area contributed by atoms with E-state index in [1.54, 1.807) is 10.9 Å². The van der Waals surface area contributed by atoms with Crippen molar-refractivity contribution in [1.29, 1.82) is 0 Å². The van der Waals surface area contributed by atoms with Gasteiger partial charge in [0.1, 0.15) is 5.82 Å². The zero-order valence-electron chi connectivity index (χ0n) is 11.2. The summed E-state index contributed by atoms with van der Waals surface area (Å²) in [5.74, 6) is 0.621. The molecule has 3 aromatic rings. The molecule has 1 N–H and O–H groups in total. The Hall–Kier alpha value is -2.34. The number of hydrogen-bond acceptors (Lipinski definition) is 3. The second kappa shape index (κ2) is 4.33. The Morgan fingerprint density at radius 1 is 1.10 bits per heavy atom. The van der Waals surface area contributed by atoms with E-state index in [1.165, 1.54) is 0 Å². The van der Waals surface area contributed by atoms with Gasteiger partial charge in [-0.1, -0.05) is 36.4 Å². The van der Waals surface area contributed by atoms with E-state index in [1.807, 2.05) is 30.3 Å². The van der Waals surface area contributed by atoms with Crippen LogP contribution in [0.4, 0.5) is 5.82 Å². The lowest BCUT2D eigenvalue weighted by Crippen LogP contribution is -2.28. The molecule has 21 heavy (non-hydrogen) atoms. The lowest BCUT2D eigenvalue weighted by Gasteiger charge is -2.17. The third-order valence-corrected chi connectivity index (χ3v) is 4.95. The molecule has 0 amide bonds. The molecule has 0 aliphatic carbocycles. The van der Waals surface area contributed by atoms with Gasteiger partial charge in [-0.3, -0.25) is 4.72 Å². The van der Waals surface area contributed by atoms with E-state index in [0.717, 1.165) is 21.9 Å². The van der Waals surface area contributed by atoms with Crippen LogP contribution in [0.5, 0.6) is 0 Å². The topological polar surface area (TPSA) is 64.0 Å². The van der Waals surface area contributed by atoms with Gasteiger partial charge in [-0.05, 0) is 22.4 Å². The first-order valence-corrected chi connectivity index (χ1v) is 8.33. The minimum atomic E-state index is -3.25. The number of benzene rings is 2. The molecule has 1 aliphatic rings. The molecule has 2 aromatic carbocycles. The monoisotopic (exact) mass is 299 g/mol. The Kier molecular flexibility index (Phi) is 2.56. The maximum atomic E-state index is 11.8. The van der Waals surface area contributed by atoms with Gasteiger partial charge in [0.25, 0.3) is 0 Å². The van der Waals surface area contributed by atoms with Crippen LogP contribution in [0.15, 0.2) is 48.7 Å². The number of aromatic nitrogens is 2. The molecule has 0 spiro atoms. The molecule has 4 rings (SSSR count). The molecule has 0 saturated carbocycles. The molecule has 106 valence electrons. The molecule has 5 nitrogen and oxygen atoms in total. The van der Waals surface area contributed by atoms with Crippen molar-refractivity contribution in [3.8, 4) is 11.1 Å². The van der Waals surface area contributed by atoms with Crippen molar-refractivity contribution >= 4 is 26.6 Å². The smallest absolute Gasteiger partial charge is 0.235 e. The summed E-state index contributed by atoms with van der Waals surface area (Å²) in [5.41, 5.74) is 1.77. The number of sulfonamides is 1. The first-order valence-electron chi connectivity index (χ1n) is 6.68. The Morgan fingerprint density at radius 2 is 1.90 bits per heavy atom. The van der Waals surface area contributed by atoms with Crippen molar-refractivity contribution in [3.05, 3.63) is 48.7 Å². The van der Waals surface area contributed by atoms with E-state index in [2.05, 4.69) is 22.0 Å². The number of aryl methyl sites for hydroxylation is 1. The summed E-state index contributed by atoms with van der Waals surface area (Å²) in [7, 11) is -3.25. The average molecular weight is 299 g/mol. The van der Waals surface area contributed by atoms with Gasteiger partial charge in [0, 0.05) is 5.56 Å². The van der Waals surface area contributed by atoms with Crippen LogP contribution in [-0.4, -0.2) is 24.0 Å². The molecule has 0 atom stereocenters. The number of hydrogen-bond donors (Lipinski definition) is 1. The summed E-state index contributed by atoms with van der Waals surface area (Å²) in [6, 6.07) is 14.2. The summed E-state index contributed by atoms with van der Waals surface area (Å²) in [6.07, 6.45) is 1.72. The lowest BCUT2D eigenvalue weighted by molar-refractivity contribution is 0.577. The Labute approximate surface area is 122 Å². The molecule has 0 radical (unpaired) electrons. The maximum Gasteiger partial charge on any atom is 0.235 e. The Morgan fingerprint density at radius 3 is 2.76 bits per heavy atom. The van der Waals surface area contributed by atoms with Gasteiger partial charge < -0.3 is 0 Å². The summed E-state index contributed by atoms with van der Waals surface area (Å²) >= 11 is 0. The molecule has 0 saturated heterocycles. The van der Waals surface area contributed by atoms with Crippen molar-refractivity contribution in [2.24, 2.45) is 0 Å². The normalized spacial score (nSPS) is 16.4. The van der Waals surface area contributed by atoms with Crippen LogP contribution in [0.2, 0.25) is 0 Å². The highest BCUT2D eigenvalue weighted by molar-refractivity contribution is 7.92. The third kappa shape index (κ3) is 2.08. The lowest BCUT2D eigenvalue weighted by atomic mass is 10.0. The summed E-state index contributed by atoms with van der Waals surface area (Å²) in [6.45, 7) is 0.387. The molecule has 1 aromatic heterocycles. The first-order chi connectivity index (χ1) is 10.1. The second-order valence-electron chi connectivity index (χ2n) is 5.11. The van der Waals surface area contributed by atoms with Crippen molar-refractivity contribution < 1.29 is 8.42 Å². The van der Waals surface area contributed by atoms with Gasteiger partial charge in [-0.15, -0.1) is 0 Å². The molecular weight excluding hydrogens is 286 g/mol. The highest BCUT2D eigenvalue weighted by Crippen LogP contribution is 2.32. The fraction of sp³-hybridized carbons (Fsp3) is 0.133. The maximum absolute atomic E-state index is 11.8. The van der Waals surface area contributed by atoms with Crippen molar-refractivity contribution in [2.75, 3.05) is 10.5 Å². The van der Waals surface area contributed by atoms with Crippen molar-refractivity contribution in [3.63, 3.8) is 0 Å². The molecule has 1 aliphatic heterocycles. The number of rotatable bonds is 1. The Bertz CT molecular complexity index is 944. The predicted molar refractivity (Wildman–Crippen MR) is 82.6 cm³/mol. The first kappa shape index (κ1) is 12.4. The van der Waals surface area contributed by atoms with Crippen molar-refractivity contribution in [2.45, 2.75) is 6.54 Å². The Balaban J connectivity index is 1.88. The molecule has 0 unspecified atom stereocenters. The second-order valence-corrected chi connectivity index (χ2v) is 6.95. The fourth-order valence-electron chi connectivity index (χ4n) is 2.64. The minimum Gasteiger partial charge on any atom is -0.267 e. The van der Waals surface area contributed by atoms with Crippen LogP contribution in [0.1, 0.15) is 0 Å². The van der Waals surface area contributed by atoms with Crippen LogP contribution in [0.25, 0.3) is 21.9 Å². The molecule has 2 heterocycles. The van der Waals surface area contributed by atoms with E-state index in [-0.39, 0.29) is 5.75 Å². The third-order valence-electron chi connectivity index (χ3n) is 3.72. The fourth-order valence-corrected chi connectivity index (χ4v) is 3.66. The SMILES string of the molecule is O=S1(=O)CCn2ncc(-c3ccc4ccccc4c3)c2N1. The average Bonchev–Trinajstić information content (AvgIpc) is 2.88. The summed E-state index contributed by atoms with van der Waals surface area (Å²) < 4.78 is 27.8. The zero-order chi connectivity index (χ0) is 14.4. The highest BCUT2D eigenvalue weighted by atomic mass is 32.2. The standard InChI is InChI=1S/C15H13N3O2S/c19-21(20)8-7-18-15(17-21)14(10-16-18)13-6-5-11-3-1-2-4-12(11)9-13/h1-6,9-10,17H,7-8H2. The van der Waals surface area contributed by atoms with E-state index in [9.17, 15) is 8.42 Å². The number of anilines is 1. The van der Waals surface area contributed by atoms with Gasteiger partial charge >= 0.3 is 0 Å². The van der Waals surface area contributed by atoms with Crippen LogP contribution >= 0.6 is 0 Å². The quantitative estimate of drug-likeness (QED) is 0.750. The molecule has 0 bridgehead atoms. The highest BCUT2D eigenvalue weighted by Gasteiger charge is 2.24. The van der Waals surface area contributed by atoms with E-state index in [4.69, 9.17) is 0 Å². The van der Waals surface area contributed by atoms with Gasteiger partial charge in [0.05, 0.1) is 18.5 Å². The van der Waals surface area contributed by atoms with E-state index >= 15 is 0 Å². The van der Waals surface area contributed by atoms with Crippen LogP contribution < -0.4 is 4.72 Å². The number of nitrogens with one attached hydrogen (secondary N) is 1. The largest absolute Gasteiger partial charge is 0.267 e. The van der Waals surface area contributed by atoms with Gasteiger partial charge in [0.15, 0.2) is 0 Å². The molecule has 6 heteroatoms. The minimum absolute atomic E-state index is 0.0683. The molecule has 0 fully saturated rings.